The fourth-order valence-corrected chi connectivity index (χ4v) is 5.26. The Labute approximate surface area is 174 Å². The largest absolute Gasteiger partial charge is 0.489 e. The number of carbonyl (C=O) groups excluding carboxylic acids is 1. The third-order valence-corrected chi connectivity index (χ3v) is 6.64. The van der Waals surface area contributed by atoms with Crippen LogP contribution in [-0.2, 0) is 19.6 Å². The number of nitrogens with zero attached hydrogens (tertiary/aromatic N) is 1. The molecule has 5 rings (SSSR count). The summed E-state index contributed by atoms with van der Waals surface area (Å²) in [6.45, 7) is 2.45. The van der Waals surface area contributed by atoms with Gasteiger partial charge in [0.2, 0.25) is 0 Å². The molecular formula is C23H23N3O2S. The summed E-state index contributed by atoms with van der Waals surface area (Å²) >= 11 is 1.71. The molecule has 2 aliphatic rings. The number of benzene rings is 2. The predicted molar refractivity (Wildman–Crippen MR) is 115 cm³/mol. The average molecular weight is 406 g/mol. The summed E-state index contributed by atoms with van der Waals surface area (Å²) in [4.78, 5) is 16.4. The van der Waals surface area contributed by atoms with Crippen molar-refractivity contribution in [1.82, 2.24) is 10.2 Å². The second kappa shape index (κ2) is 7.54. The number of hydrogen-bond donors (Lipinski definition) is 2. The van der Waals surface area contributed by atoms with E-state index in [9.17, 15) is 4.79 Å². The van der Waals surface area contributed by atoms with Crippen LogP contribution < -0.4 is 15.4 Å². The van der Waals surface area contributed by atoms with Crippen LogP contribution in [-0.4, -0.2) is 24.4 Å². The van der Waals surface area contributed by atoms with Crippen LogP contribution in [0, 0.1) is 0 Å². The Bertz CT molecular complexity index is 1030. The number of nitrogens with one attached hydrogen (secondary N) is 2. The second-order valence-electron chi connectivity index (χ2n) is 7.59. The van der Waals surface area contributed by atoms with Crippen LogP contribution in [0.2, 0.25) is 0 Å². The summed E-state index contributed by atoms with van der Waals surface area (Å²) in [5.41, 5.74) is 4.21. The Kier molecular flexibility index (Phi) is 4.73. The van der Waals surface area contributed by atoms with Crippen LogP contribution in [0.25, 0.3) is 0 Å². The van der Waals surface area contributed by atoms with Crippen molar-refractivity contribution in [2.24, 2.45) is 0 Å². The second-order valence-corrected chi connectivity index (χ2v) is 8.69. The number of rotatable bonds is 4. The van der Waals surface area contributed by atoms with Gasteiger partial charge in [0, 0.05) is 18.0 Å². The highest BCUT2D eigenvalue weighted by atomic mass is 32.1. The van der Waals surface area contributed by atoms with E-state index in [-0.39, 0.29) is 12.1 Å². The monoisotopic (exact) mass is 405 g/mol. The molecule has 3 heterocycles. The van der Waals surface area contributed by atoms with E-state index in [2.05, 4.69) is 22.6 Å². The average Bonchev–Trinajstić information content (AvgIpc) is 3.11. The van der Waals surface area contributed by atoms with Gasteiger partial charge in [-0.2, -0.15) is 0 Å². The molecule has 0 saturated heterocycles. The summed E-state index contributed by atoms with van der Waals surface area (Å²) in [5.74, 6) is 0.838. The van der Waals surface area contributed by atoms with Gasteiger partial charge in [0.1, 0.15) is 23.5 Å². The first-order valence-corrected chi connectivity index (χ1v) is 10.7. The van der Waals surface area contributed by atoms with Crippen molar-refractivity contribution in [3.63, 3.8) is 0 Å². The molecule has 5 nitrogen and oxygen atoms in total. The molecule has 6 heteroatoms. The lowest BCUT2D eigenvalue weighted by Gasteiger charge is -2.27. The zero-order valence-corrected chi connectivity index (χ0v) is 17.1. The van der Waals surface area contributed by atoms with Crippen molar-refractivity contribution in [3.8, 4) is 5.75 Å². The van der Waals surface area contributed by atoms with Crippen LogP contribution in [0.1, 0.15) is 38.1 Å². The summed E-state index contributed by atoms with van der Waals surface area (Å²) in [5, 5.41) is 7.63. The van der Waals surface area contributed by atoms with Gasteiger partial charge in [-0.1, -0.05) is 42.5 Å². The van der Waals surface area contributed by atoms with E-state index in [4.69, 9.17) is 4.74 Å². The standard InChI is InChI=1S/C23H23N3O2S/c1-26-12-11-18-19(13-26)29-23-20(18)22(27)24-21(25-23)16-7-9-17(10-8-16)28-14-15-5-3-2-4-6-15/h2-10,21,25H,11-14H2,1H3,(H,24,27). The molecule has 1 aromatic heterocycles. The minimum Gasteiger partial charge on any atom is -0.489 e. The van der Waals surface area contributed by atoms with Crippen molar-refractivity contribution in [1.29, 1.82) is 0 Å². The Morgan fingerprint density at radius 1 is 1.10 bits per heavy atom. The molecule has 2 aromatic carbocycles. The molecule has 1 unspecified atom stereocenters. The number of amides is 1. The number of likely N-dealkylation sites (N-methyl/N-ethyl adjacent to an activating group) is 1. The molecule has 1 atom stereocenters. The highest BCUT2D eigenvalue weighted by Crippen LogP contribution is 2.40. The van der Waals surface area contributed by atoms with E-state index in [1.807, 2.05) is 54.6 Å². The molecule has 148 valence electrons. The van der Waals surface area contributed by atoms with Gasteiger partial charge in [-0.05, 0) is 42.3 Å². The summed E-state index contributed by atoms with van der Waals surface area (Å²) in [6.07, 6.45) is 0.709. The zero-order valence-electron chi connectivity index (χ0n) is 16.3. The number of carbonyl (C=O) groups is 1. The molecule has 0 saturated carbocycles. The van der Waals surface area contributed by atoms with E-state index >= 15 is 0 Å². The Hall–Kier alpha value is -2.83. The molecule has 0 spiro atoms. The van der Waals surface area contributed by atoms with E-state index in [0.29, 0.717) is 6.61 Å². The lowest BCUT2D eigenvalue weighted by atomic mass is 10.0. The van der Waals surface area contributed by atoms with Gasteiger partial charge >= 0.3 is 0 Å². The van der Waals surface area contributed by atoms with Crippen LogP contribution in [0.3, 0.4) is 0 Å². The summed E-state index contributed by atoms with van der Waals surface area (Å²) in [6, 6.07) is 18.0. The first-order chi connectivity index (χ1) is 14.2. The van der Waals surface area contributed by atoms with Gasteiger partial charge in [-0.3, -0.25) is 4.79 Å². The maximum atomic E-state index is 12.8. The number of fused-ring (bicyclic) bond motifs is 3. The topological polar surface area (TPSA) is 53.6 Å². The predicted octanol–water partition coefficient (Wildman–Crippen LogP) is 4.17. The van der Waals surface area contributed by atoms with Crippen LogP contribution in [0.15, 0.2) is 54.6 Å². The van der Waals surface area contributed by atoms with Gasteiger partial charge in [-0.25, -0.2) is 0 Å². The van der Waals surface area contributed by atoms with Crippen LogP contribution in [0.4, 0.5) is 5.00 Å². The zero-order chi connectivity index (χ0) is 19.8. The highest BCUT2D eigenvalue weighted by molar-refractivity contribution is 7.16. The summed E-state index contributed by atoms with van der Waals surface area (Å²) in [7, 11) is 2.12. The lowest BCUT2D eigenvalue weighted by Crippen LogP contribution is -2.38. The Morgan fingerprint density at radius 3 is 2.69 bits per heavy atom. The smallest absolute Gasteiger partial charge is 0.256 e. The van der Waals surface area contributed by atoms with E-state index in [0.717, 1.165) is 47.0 Å². The minimum absolute atomic E-state index is 0.0233. The first-order valence-electron chi connectivity index (χ1n) is 9.84. The third kappa shape index (κ3) is 3.61. The number of thiophene rings is 1. The Balaban J connectivity index is 1.30. The van der Waals surface area contributed by atoms with Crippen LogP contribution in [0.5, 0.6) is 5.75 Å². The van der Waals surface area contributed by atoms with Crippen molar-refractivity contribution >= 4 is 22.2 Å². The maximum absolute atomic E-state index is 12.8. The van der Waals surface area contributed by atoms with Gasteiger partial charge in [0.05, 0.1) is 5.56 Å². The molecule has 0 aliphatic carbocycles. The molecule has 29 heavy (non-hydrogen) atoms. The molecule has 0 bridgehead atoms. The molecule has 1 amide bonds. The molecule has 3 aromatic rings. The molecule has 2 N–H and O–H groups in total. The molecule has 2 aliphatic heterocycles. The highest BCUT2D eigenvalue weighted by Gasteiger charge is 2.32. The van der Waals surface area contributed by atoms with Gasteiger partial charge in [0.25, 0.3) is 5.91 Å². The first kappa shape index (κ1) is 18.2. The number of ether oxygens (including phenoxy) is 1. The van der Waals surface area contributed by atoms with Crippen molar-refractivity contribution < 1.29 is 9.53 Å². The van der Waals surface area contributed by atoms with Crippen molar-refractivity contribution in [2.75, 3.05) is 18.9 Å². The minimum atomic E-state index is -0.226. The van der Waals surface area contributed by atoms with Crippen LogP contribution >= 0.6 is 11.3 Å². The van der Waals surface area contributed by atoms with Gasteiger partial charge < -0.3 is 20.3 Å². The molecule has 0 fully saturated rings. The number of anilines is 1. The van der Waals surface area contributed by atoms with Gasteiger partial charge in [0.15, 0.2) is 0 Å². The van der Waals surface area contributed by atoms with E-state index in [1.54, 1.807) is 11.3 Å². The summed E-state index contributed by atoms with van der Waals surface area (Å²) < 4.78 is 5.87. The van der Waals surface area contributed by atoms with E-state index in [1.165, 1.54) is 10.4 Å². The molecular weight excluding hydrogens is 382 g/mol. The fraction of sp³-hybridized carbons (Fsp3) is 0.261. The maximum Gasteiger partial charge on any atom is 0.256 e. The van der Waals surface area contributed by atoms with Crippen molar-refractivity contribution in [2.45, 2.75) is 25.7 Å². The Morgan fingerprint density at radius 2 is 1.90 bits per heavy atom. The SMILES string of the molecule is CN1CCc2c(sc3c2C(=O)NC(c2ccc(OCc4ccccc4)cc2)N3)C1. The quantitative estimate of drug-likeness (QED) is 0.684. The number of hydrogen-bond acceptors (Lipinski definition) is 5. The van der Waals surface area contributed by atoms with Gasteiger partial charge in [-0.15, -0.1) is 11.3 Å². The van der Waals surface area contributed by atoms with E-state index < -0.39 is 0 Å². The fourth-order valence-electron chi connectivity index (χ4n) is 3.91. The van der Waals surface area contributed by atoms with Crippen molar-refractivity contribution in [3.05, 3.63) is 81.7 Å². The lowest BCUT2D eigenvalue weighted by molar-refractivity contribution is 0.0935. The third-order valence-electron chi connectivity index (χ3n) is 5.49. The normalized spacial score (nSPS) is 18.4. The molecule has 0 radical (unpaired) electrons.